The molecule has 3 heteroatoms. The lowest BCUT2D eigenvalue weighted by atomic mass is 9.75. The molecular formula is C17H27N3. The lowest BCUT2D eigenvalue weighted by molar-refractivity contribution is 0.202. The zero-order chi connectivity index (χ0) is 13.8. The van der Waals surface area contributed by atoms with Crippen molar-refractivity contribution < 1.29 is 0 Å². The smallest absolute Gasteiger partial charge is 0.0442 e. The Balaban J connectivity index is 1.72. The third kappa shape index (κ3) is 2.98. The molecule has 1 aromatic heterocycles. The van der Waals surface area contributed by atoms with E-state index in [1.807, 2.05) is 12.4 Å². The molecule has 1 aliphatic heterocycles. The van der Waals surface area contributed by atoms with Crippen LogP contribution in [0.15, 0.2) is 18.5 Å². The van der Waals surface area contributed by atoms with Crippen LogP contribution in [0, 0.1) is 11.8 Å². The van der Waals surface area contributed by atoms with Gasteiger partial charge in [-0.3, -0.25) is 4.98 Å². The van der Waals surface area contributed by atoms with Gasteiger partial charge in [-0.15, -0.1) is 0 Å². The van der Waals surface area contributed by atoms with E-state index < -0.39 is 0 Å². The maximum Gasteiger partial charge on any atom is 0.0442 e. The highest BCUT2D eigenvalue weighted by Gasteiger charge is 2.31. The molecule has 1 saturated heterocycles. The van der Waals surface area contributed by atoms with Crippen molar-refractivity contribution in [2.24, 2.45) is 11.8 Å². The Bertz CT molecular complexity index is 432. The summed E-state index contributed by atoms with van der Waals surface area (Å²) in [6.45, 7) is 6.59. The van der Waals surface area contributed by atoms with Crippen LogP contribution in [-0.2, 0) is 6.54 Å². The Kier molecular flexibility index (Phi) is 4.56. The van der Waals surface area contributed by atoms with Crippen LogP contribution in [0.4, 0.5) is 5.69 Å². The second-order valence-corrected chi connectivity index (χ2v) is 6.32. The number of aromatic nitrogens is 1. The number of nitrogens with one attached hydrogen (secondary N) is 1. The fourth-order valence-electron chi connectivity index (χ4n) is 3.94. The number of nitrogens with zero attached hydrogens (tertiary/aromatic N) is 2. The van der Waals surface area contributed by atoms with Crippen LogP contribution in [0.1, 0.15) is 44.6 Å². The van der Waals surface area contributed by atoms with Crippen LogP contribution in [0.2, 0.25) is 0 Å². The van der Waals surface area contributed by atoms with Gasteiger partial charge in [0, 0.05) is 43.3 Å². The van der Waals surface area contributed by atoms with Gasteiger partial charge in [-0.25, -0.2) is 0 Å². The fourth-order valence-corrected chi connectivity index (χ4v) is 3.94. The van der Waals surface area contributed by atoms with Gasteiger partial charge >= 0.3 is 0 Å². The fraction of sp³-hybridized carbons (Fsp3) is 0.706. The molecule has 2 fully saturated rings. The average molecular weight is 273 g/mol. The van der Waals surface area contributed by atoms with Gasteiger partial charge in [-0.05, 0) is 37.3 Å². The van der Waals surface area contributed by atoms with Gasteiger partial charge in [-0.1, -0.05) is 26.2 Å². The SMILES string of the molecule is CCNCc1cnccc1N1CCC2CCCCC2C1. The molecule has 20 heavy (non-hydrogen) atoms. The predicted molar refractivity (Wildman–Crippen MR) is 83.9 cm³/mol. The maximum atomic E-state index is 4.31. The number of fused-ring (bicyclic) bond motifs is 1. The molecule has 1 aromatic rings. The minimum absolute atomic E-state index is 0.928. The molecular weight excluding hydrogens is 246 g/mol. The topological polar surface area (TPSA) is 28.2 Å². The van der Waals surface area contributed by atoms with Crippen molar-refractivity contribution in [2.75, 3.05) is 24.5 Å². The van der Waals surface area contributed by atoms with Crippen LogP contribution >= 0.6 is 0 Å². The van der Waals surface area contributed by atoms with Crippen molar-refractivity contribution in [1.29, 1.82) is 0 Å². The summed E-state index contributed by atoms with van der Waals surface area (Å²) in [7, 11) is 0. The maximum absolute atomic E-state index is 4.31. The van der Waals surface area contributed by atoms with Crippen molar-refractivity contribution in [3.8, 4) is 0 Å². The Morgan fingerprint density at radius 2 is 2.10 bits per heavy atom. The van der Waals surface area contributed by atoms with E-state index in [-0.39, 0.29) is 0 Å². The van der Waals surface area contributed by atoms with E-state index in [4.69, 9.17) is 0 Å². The summed E-state index contributed by atoms with van der Waals surface area (Å²) >= 11 is 0. The number of hydrogen-bond donors (Lipinski definition) is 1. The van der Waals surface area contributed by atoms with Gasteiger partial charge < -0.3 is 10.2 Å². The van der Waals surface area contributed by atoms with Crippen molar-refractivity contribution in [2.45, 2.75) is 45.6 Å². The number of hydrogen-bond acceptors (Lipinski definition) is 3. The van der Waals surface area contributed by atoms with Crippen LogP contribution in [0.5, 0.6) is 0 Å². The molecule has 0 radical (unpaired) electrons. The molecule has 0 spiro atoms. The van der Waals surface area contributed by atoms with Crippen molar-refractivity contribution in [1.82, 2.24) is 10.3 Å². The molecule has 1 N–H and O–H groups in total. The van der Waals surface area contributed by atoms with E-state index in [9.17, 15) is 0 Å². The molecule has 2 atom stereocenters. The van der Waals surface area contributed by atoms with E-state index in [0.29, 0.717) is 0 Å². The van der Waals surface area contributed by atoms with E-state index in [0.717, 1.165) is 24.9 Å². The number of pyridine rings is 1. The van der Waals surface area contributed by atoms with Crippen molar-refractivity contribution in [3.63, 3.8) is 0 Å². The molecule has 0 bridgehead atoms. The van der Waals surface area contributed by atoms with E-state index >= 15 is 0 Å². The highest BCUT2D eigenvalue weighted by Crippen LogP contribution is 2.38. The summed E-state index contributed by atoms with van der Waals surface area (Å²) in [6, 6.07) is 2.20. The van der Waals surface area contributed by atoms with Crippen molar-refractivity contribution >= 4 is 5.69 Å². The quantitative estimate of drug-likeness (QED) is 0.913. The van der Waals surface area contributed by atoms with Crippen LogP contribution in [-0.4, -0.2) is 24.6 Å². The summed E-state index contributed by atoms with van der Waals surface area (Å²) in [5, 5.41) is 3.43. The predicted octanol–water partition coefficient (Wildman–Crippen LogP) is 3.21. The number of anilines is 1. The van der Waals surface area contributed by atoms with E-state index in [1.165, 1.54) is 56.4 Å². The van der Waals surface area contributed by atoms with Gasteiger partial charge in [0.15, 0.2) is 0 Å². The molecule has 3 rings (SSSR count). The monoisotopic (exact) mass is 273 g/mol. The first-order valence-electron chi connectivity index (χ1n) is 8.27. The van der Waals surface area contributed by atoms with Gasteiger partial charge in [0.25, 0.3) is 0 Å². The molecule has 2 heterocycles. The summed E-state index contributed by atoms with van der Waals surface area (Å²) in [5.41, 5.74) is 2.76. The van der Waals surface area contributed by atoms with Gasteiger partial charge in [0.05, 0.1) is 0 Å². The van der Waals surface area contributed by atoms with Crippen LogP contribution < -0.4 is 10.2 Å². The molecule has 2 unspecified atom stereocenters. The molecule has 1 saturated carbocycles. The summed E-state index contributed by atoms with van der Waals surface area (Å²) in [6.07, 6.45) is 11.2. The van der Waals surface area contributed by atoms with Crippen molar-refractivity contribution in [3.05, 3.63) is 24.0 Å². The Morgan fingerprint density at radius 3 is 2.95 bits per heavy atom. The number of rotatable bonds is 4. The molecule has 0 aromatic carbocycles. The minimum Gasteiger partial charge on any atom is -0.371 e. The molecule has 1 aliphatic carbocycles. The zero-order valence-corrected chi connectivity index (χ0v) is 12.6. The van der Waals surface area contributed by atoms with Crippen LogP contribution in [0.25, 0.3) is 0 Å². The summed E-state index contributed by atoms with van der Waals surface area (Å²) in [4.78, 5) is 6.92. The van der Waals surface area contributed by atoms with Crippen LogP contribution in [0.3, 0.4) is 0 Å². The first-order chi connectivity index (χ1) is 9.88. The minimum atomic E-state index is 0.928. The highest BCUT2D eigenvalue weighted by atomic mass is 15.1. The molecule has 110 valence electrons. The standard InChI is InChI=1S/C17H27N3/c1-2-18-11-16-12-19-9-7-17(16)20-10-8-14-5-3-4-6-15(14)13-20/h7,9,12,14-15,18H,2-6,8,10-11,13H2,1H3. The normalized spacial score (nSPS) is 26.4. The lowest BCUT2D eigenvalue weighted by Crippen LogP contribution is -2.42. The van der Waals surface area contributed by atoms with Gasteiger partial charge in [-0.2, -0.15) is 0 Å². The van der Waals surface area contributed by atoms with E-state index in [2.05, 4.69) is 28.2 Å². The third-order valence-corrected chi connectivity index (χ3v) is 5.08. The summed E-state index contributed by atoms with van der Waals surface area (Å²) in [5.74, 6) is 1.93. The Hall–Kier alpha value is -1.09. The highest BCUT2D eigenvalue weighted by molar-refractivity contribution is 5.52. The lowest BCUT2D eigenvalue weighted by Gasteiger charge is -2.42. The Morgan fingerprint density at radius 1 is 1.25 bits per heavy atom. The number of piperidine rings is 1. The largest absolute Gasteiger partial charge is 0.371 e. The second-order valence-electron chi connectivity index (χ2n) is 6.32. The first-order valence-corrected chi connectivity index (χ1v) is 8.27. The average Bonchev–Trinajstić information content (AvgIpc) is 2.53. The van der Waals surface area contributed by atoms with E-state index in [1.54, 1.807) is 0 Å². The second kappa shape index (κ2) is 6.57. The van der Waals surface area contributed by atoms with Gasteiger partial charge in [0.1, 0.15) is 0 Å². The zero-order valence-electron chi connectivity index (χ0n) is 12.6. The first kappa shape index (κ1) is 13.9. The molecule has 0 amide bonds. The molecule has 2 aliphatic rings. The third-order valence-electron chi connectivity index (χ3n) is 5.08. The summed E-state index contributed by atoms with van der Waals surface area (Å²) < 4.78 is 0. The molecule has 3 nitrogen and oxygen atoms in total. The van der Waals surface area contributed by atoms with Gasteiger partial charge in [0.2, 0.25) is 0 Å². The Labute approximate surface area is 122 Å².